The van der Waals surface area contributed by atoms with Gasteiger partial charge in [-0.15, -0.1) is 0 Å². The van der Waals surface area contributed by atoms with Gasteiger partial charge in [-0.25, -0.2) is 4.98 Å². The molecular formula is C15H22BrN3O2. The lowest BCUT2D eigenvalue weighted by Gasteiger charge is -2.16. The average molecular weight is 356 g/mol. The number of amides is 1. The standard InChI is InChI=1S/C15H22BrN3O2/c1-3-17-13-12(8-11(16)9-18-13)14(20)19-10-15(4-5-15)6-7-21-2/h8-9H,3-7,10H2,1-2H3,(H,17,18)(H,19,20). The van der Waals surface area contributed by atoms with Gasteiger partial charge in [-0.2, -0.15) is 0 Å². The lowest BCUT2D eigenvalue weighted by Crippen LogP contribution is -2.31. The molecule has 21 heavy (non-hydrogen) atoms. The molecule has 5 nitrogen and oxygen atoms in total. The summed E-state index contributed by atoms with van der Waals surface area (Å²) in [6.45, 7) is 4.16. The van der Waals surface area contributed by atoms with Gasteiger partial charge in [-0.05, 0) is 53.6 Å². The van der Waals surface area contributed by atoms with Gasteiger partial charge < -0.3 is 15.4 Å². The molecule has 1 heterocycles. The lowest BCUT2D eigenvalue weighted by molar-refractivity contribution is 0.0938. The average Bonchev–Trinajstić information content (AvgIpc) is 3.25. The Morgan fingerprint density at radius 1 is 1.52 bits per heavy atom. The van der Waals surface area contributed by atoms with Gasteiger partial charge >= 0.3 is 0 Å². The van der Waals surface area contributed by atoms with Gasteiger partial charge in [-0.3, -0.25) is 4.79 Å². The summed E-state index contributed by atoms with van der Waals surface area (Å²) in [5.74, 6) is 0.545. The third-order valence-corrected chi connectivity index (χ3v) is 4.29. The van der Waals surface area contributed by atoms with Gasteiger partial charge in [0.15, 0.2) is 0 Å². The molecule has 0 unspecified atom stereocenters. The van der Waals surface area contributed by atoms with Crippen LogP contribution >= 0.6 is 15.9 Å². The van der Waals surface area contributed by atoms with Crippen molar-refractivity contribution in [2.45, 2.75) is 26.2 Å². The summed E-state index contributed by atoms with van der Waals surface area (Å²) in [6, 6.07) is 1.80. The van der Waals surface area contributed by atoms with Gasteiger partial charge in [-0.1, -0.05) is 0 Å². The highest BCUT2D eigenvalue weighted by Gasteiger charge is 2.42. The first-order valence-corrected chi connectivity index (χ1v) is 8.06. The molecule has 0 radical (unpaired) electrons. The molecular weight excluding hydrogens is 334 g/mol. The number of pyridine rings is 1. The Kier molecular flexibility index (Phi) is 5.58. The van der Waals surface area contributed by atoms with Crippen molar-refractivity contribution in [2.24, 2.45) is 5.41 Å². The van der Waals surface area contributed by atoms with E-state index in [0.717, 1.165) is 36.9 Å². The summed E-state index contributed by atoms with van der Waals surface area (Å²) >= 11 is 3.37. The quantitative estimate of drug-likeness (QED) is 0.752. The van der Waals surface area contributed by atoms with Crippen molar-refractivity contribution in [3.8, 4) is 0 Å². The van der Waals surface area contributed by atoms with E-state index in [-0.39, 0.29) is 11.3 Å². The van der Waals surface area contributed by atoms with Crippen LogP contribution in [0.1, 0.15) is 36.5 Å². The summed E-state index contributed by atoms with van der Waals surface area (Å²) in [6.07, 6.45) is 5.01. The fourth-order valence-electron chi connectivity index (χ4n) is 2.29. The van der Waals surface area contributed by atoms with E-state index in [1.807, 2.05) is 6.92 Å². The molecule has 0 aromatic carbocycles. The number of hydrogen-bond donors (Lipinski definition) is 2. The highest BCUT2D eigenvalue weighted by molar-refractivity contribution is 9.10. The maximum Gasteiger partial charge on any atom is 0.255 e. The molecule has 2 N–H and O–H groups in total. The Morgan fingerprint density at radius 2 is 2.29 bits per heavy atom. The Balaban J connectivity index is 1.98. The SMILES string of the molecule is CCNc1ncc(Br)cc1C(=O)NCC1(CCOC)CC1. The smallest absolute Gasteiger partial charge is 0.255 e. The van der Waals surface area contributed by atoms with E-state index in [0.29, 0.717) is 17.9 Å². The summed E-state index contributed by atoms with van der Waals surface area (Å²) in [4.78, 5) is 16.7. The Hall–Kier alpha value is -1.14. The number of nitrogens with zero attached hydrogens (tertiary/aromatic N) is 1. The second-order valence-electron chi connectivity index (χ2n) is 5.51. The number of rotatable bonds is 8. The van der Waals surface area contributed by atoms with Crippen LogP contribution < -0.4 is 10.6 Å². The first-order chi connectivity index (χ1) is 10.1. The molecule has 0 saturated heterocycles. The molecule has 1 amide bonds. The van der Waals surface area contributed by atoms with Crippen molar-refractivity contribution >= 4 is 27.7 Å². The fourth-order valence-corrected chi connectivity index (χ4v) is 2.63. The number of anilines is 1. The van der Waals surface area contributed by atoms with E-state index >= 15 is 0 Å². The monoisotopic (exact) mass is 355 g/mol. The van der Waals surface area contributed by atoms with E-state index < -0.39 is 0 Å². The molecule has 0 aliphatic heterocycles. The number of ether oxygens (including phenoxy) is 1. The molecule has 1 aromatic rings. The number of hydrogen-bond acceptors (Lipinski definition) is 4. The first kappa shape index (κ1) is 16.2. The van der Waals surface area contributed by atoms with Gasteiger partial charge in [0.05, 0.1) is 5.56 Å². The predicted molar refractivity (Wildman–Crippen MR) is 86.6 cm³/mol. The molecule has 1 aromatic heterocycles. The zero-order chi connectivity index (χ0) is 15.3. The van der Waals surface area contributed by atoms with Crippen LogP contribution in [-0.2, 0) is 4.74 Å². The maximum absolute atomic E-state index is 12.4. The lowest BCUT2D eigenvalue weighted by atomic mass is 10.0. The van der Waals surface area contributed by atoms with Crippen molar-refractivity contribution in [3.63, 3.8) is 0 Å². The summed E-state index contributed by atoms with van der Waals surface area (Å²) in [7, 11) is 1.71. The number of carbonyl (C=O) groups excluding carboxylic acids is 1. The Bertz CT molecular complexity index is 504. The van der Waals surface area contributed by atoms with Gasteiger partial charge in [0, 0.05) is 37.5 Å². The molecule has 1 saturated carbocycles. The first-order valence-electron chi connectivity index (χ1n) is 7.27. The van der Waals surface area contributed by atoms with Gasteiger partial charge in [0.25, 0.3) is 5.91 Å². The van der Waals surface area contributed by atoms with Gasteiger partial charge in [0.1, 0.15) is 5.82 Å². The van der Waals surface area contributed by atoms with Crippen molar-refractivity contribution < 1.29 is 9.53 Å². The molecule has 0 bridgehead atoms. The van der Waals surface area contributed by atoms with E-state index in [1.54, 1.807) is 19.4 Å². The molecule has 1 aliphatic carbocycles. The number of nitrogens with one attached hydrogen (secondary N) is 2. The van der Waals surface area contributed by atoms with Crippen LogP contribution in [0.4, 0.5) is 5.82 Å². The van der Waals surface area contributed by atoms with Crippen molar-refractivity contribution in [3.05, 3.63) is 22.3 Å². The second kappa shape index (κ2) is 7.22. The Morgan fingerprint density at radius 3 is 2.90 bits per heavy atom. The molecule has 1 fully saturated rings. The molecule has 1 aliphatic rings. The predicted octanol–water partition coefficient (Wildman–Crippen LogP) is 2.82. The third-order valence-electron chi connectivity index (χ3n) is 3.86. The van der Waals surface area contributed by atoms with E-state index in [9.17, 15) is 4.79 Å². The molecule has 0 spiro atoms. The van der Waals surface area contributed by atoms with Crippen LogP contribution in [0.15, 0.2) is 16.7 Å². The minimum atomic E-state index is -0.0801. The van der Waals surface area contributed by atoms with E-state index in [4.69, 9.17) is 4.74 Å². The zero-order valence-electron chi connectivity index (χ0n) is 12.5. The maximum atomic E-state index is 12.4. The van der Waals surface area contributed by atoms with Crippen LogP contribution in [0.2, 0.25) is 0 Å². The van der Waals surface area contributed by atoms with Crippen LogP contribution in [0, 0.1) is 5.41 Å². The van der Waals surface area contributed by atoms with Crippen LogP contribution in [0.25, 0.3) is 0 Å². The third kappa shape index (κ3) is 4.41. The number of carbonyl (C=O) groups is 1. The highest BCUT2D eigenvalue weighted by Crippen LogP contribution is 2.48. The van der Waals surface area contributed by atoms with Gasteiger partial charge in [0.2, 0.25) is 0 Å². The zero-order valence-corrected chi connectivity index (χ0v) is 14.1. The summed E-state index contributed by atoms with van der Waals surface area (Å²) in [5.41, 5.74) is 0.817. The Labute approximate surface area is 134 Å². The second-order valence-corrected chi connectivity index (χ2v) is 6.42. The highest BCUT2D eigenvalue weighted by atomic mass is 79.9. The number of aromatic nitrogens is 1. The van der Waals surface area contributed by atoms with Crippen LogP contribution in [0.3, 0.4) is 0 Å². The largest absolute Gasteiger partial charge is 0.385 e. The van der Waals surface area contributed by atoms with Crippen LogP contribution in [-0.4, -0.2) is 37.7 Å². The van der Waals surface area contributed by atoms with E-state index in [1.165, 1.54) is 0 Å². The normalized spacial score (nSPS) is 15.6. The number of halogens is 1. The molecule has 116 valence electrons. The number of methoxy groups -OCH3 is 1. The molecule has 0 atom stereocenters. The molecule has 6 heteroatoms. The summed E-state index contributed by atoms with van der Waals surface area (Å²) in [5, 5.41) is 6.16. The fraction of sp³-hybridized carbons (Fsp3) is 0.600. The van der Waals surface area contributed by atoms with Crippen molar-refractivity contribution in [1.29, 1.82) is 0 Å². The summed E-state index contributed by atoms with van der Waals surface area (Å²) < 4.78 is 5.94. The topological polar surface area (TPSA) is 63.2 Å². The minimum absolute atomic E-state index is 0.0801. The van der Waals surface area contributed by atoms with Crippen LogP contribution in [0.5, 0.6) is 0 Å². The van der Waals surface area contributed by atoms with E-state index in [2.05, 4.69) is 31.5 Å². The molecule has 2 rings (SSSR count). The minimum Gasteiger partial charge on any atom is -0.385 e. The van der Waals surface area contributed by atoms with Crippen molar-refractivity contribution in [2.75, 3.05) is 32.1 Å². The van der Waals surface area contributed by atoms with Crippen molar-refractivity contribution in [1.82, 2.24) is 10.3 Å².